The molecule has 0 saturated heterocycles. The number of hydrogen-bond donors (Lipinski definition) is 1. The number of sulfone groups is 1. The second kappa shape index (κ2) is 6.54. The quantitative estimate of drug-likeness (QED) is 0.688. The van der Waals surface area contributed by atoms with Crippen molar-refractivity contribution in [1.29, 1.82) is 0 Å². The molecule has 26 heavy (non-hydrogen) atoms. The summed E-state index contributed by atoms with van der Waals surface area (Å²) in [6.07, 6.45) is 0.278. The lowest BCUT2D eigenvalue weighted by Crippen LogP contribution is -2.23. The van der Waals surface area contributed by atoms with Crippen molar-refractivity contribution < 1.29 is 13.2 Å². The van der Waals surface area contributed by atoms with Crippen LogP contribution >= 0.6 is 22.9 Å². The maximum Gasteiger partial charge on any atom is 0.225 e. The summed E-state index contributed by atoms with van der Waals surface area (Å²) in [4.78, 5) is 13.5. The molecule has 1 aliphatic rings. The summed E-state index contributed by atoms with van der Waals surface area (Å²) < 4.78 is 26.0. The standard InChI is InChI=1S/C19H14ClNO3S2/c20-13-8-6-12(7-9-13)15-10-17(22)21-18-16(11-25-19(15)18)26(23,24)14-4-2-1-3-5-14/h1-9,11,15H,10H2,(H,21,22)/t15-/m0/s1. The molecule has 0 bridgehead atoms. The van der Waals surface area contributed by atoms with Gasteiger partial charge in [0.25, 0.3) is 0 Å². The molecule has 1 amide bonds. The number of carbonyl (C=O) groups excluding carboxylic acids is 1. The monoisotopic (exact) mass is 403 g/mol. The first-order valence-electron chi connectivity index (χ1n) is 7.93. The molecule has 1 aromatic heterocycles. The van der Waals surface area contributed by atoms with Gasteiger partial charge in [0, 0.05) is 27.6 Å². The number of nitrogens with one attached hydrogen (secondary N) is 1. The zero-order chi connectivity index (χ0) is 18.3. The molecule has 1 atom stereocenters. The SMILES string of the molecule is O=C1C[C@@H](c2ccc(Cl)cc2)c2scc(S(=O)(=O)c3ccccc3)c2N1. The summed E-state index contributed by atoms with van der Waals surface area (Å²) in [5.74, 6) is -0.374. The molecular weight excluding hydrogens is 390 g/mol. The second-order valence-electron chi connectivity index (χ2n) is 6.01. The van der Waals surface area contributed by atoms with E-state index >= 15 is 0 Å². The minimum Gasteiger partial charge on any atom is -0.324 e. The van der Waals surface area contributed by atoms with Crippen LogP contribution in [0.2, 0.25) is 5.02 Å². The van der Waals surface area contributed by atoms with Crippen LogP contribution < -0.4 is 5.32 Å². The van der Waals surface area contributed by atoms with E-state index < -0.39 is 9.84 Å². The van der Waals surface area contributed by atoms with Crippen LogP contribution in [0.1, 0.15) is 22.8 Å². The molecule has 0 unspecified atom stereocenters. The average molecular weight is 404 g/mol. The molecule has 0 fully saturated rings. The summed E-state index contributed by atoms with van der Waals surface area (Å²) in [6.45, 7) is 0. The van der Waals surface area contributed by atoms with Gasteiger partial charge in [0.05, 0.1) is 10.6 Å². The molecule has 7 heteroatoms. The number of carbonyl (C=O) groups is 1. The average Bonchev–Trinajstić information content (AvgIpc) is 3.07. The highest BCUT2D eigenvalue weighted by molar-refractivity contribution is 7.91. The van der Waals surface area contributed by atoms with Crippen LogP contribution in [0.3, 0.4) is 0 Å². The Morgan fingerprint density at radius 3 is 2.42 bits per heavy atom. The molecule has 2 aromatic carbocycles. The molecule has 4 nitrogen and oxygen atoms in total. The van der Waals surface area contributed by atoms with Crippen molar-refractivity contribution in [2.75, 3.05) is 5.32 Å². The van der Waals surface area contributed by atoms with E-state index in [0.717, 1.165) is 10.4 Å². The fraction of sp³-hybridized carbons (Fsp3) is 0.105. The van der Waals surface area contributed by atoms with Gasteiger partial charge in [0.1, 0.15) is 4.90 Å². The smallest absolute Gasteiger partial charge is 0.225 e. The predicted octanol–water partition coefficient (Wildman–Crippen LogP) is 4.71. The number of benzene rings is 2. The number of rotatable bonds is 3. The third kappa shape index (κ3) is 2.94. The Hall–Kier alpha value is -2.15. The van der Waals surface area contributed by atoms with Gasteiger partial charge in [0.15, 0.2) is 0 Å². The fourth-order valence-corrected chi connectivity index (χ4v) is 6.15. The first kappa shape index (κ1) is 17.3. The van der Waals surface area contributed by atoms with E-state index in [4.69, 9.17) is 11.6 Å². The Balaban J connectivity index is 1.83. The lowest BCUT2D eigenvalue weighted by atomic mass is 9.91. The van der Waals surface area contributed by atoms with Crippen LogP contribution in [0.15, 0.2) is 69.8 Å². The molecule has 4 rings (SSSR count). The normalized spacial score (nSPS) is 16.8. The molecule has 2 heterocycles. The lowest BCUT2D eigenvalue weighted by molar-refractivity contribution is -0.116. The number of anilines is 1. The second-order valence-corrected chi connectivity index (χ2v) is 9.28. The van der Waals surface area contributed by atoms with E-state index in [9.17, 15) is 13.2 Å². The highest BCUT2D eigenvalue weighted by Gasteiger charge is 2.34. The van der Waals surface area contributed by atoms with Crippen LogP contribution in [0.25, 0.3) is 0 Å². The van der Waals surface area contributed by atoms with Crippen LogP contribution in [0.5, 0.6) is 0 Å². The van der Waals surface area contributed by atoms with E-state index in [2.05, 4.69) is 5.32 Å². The number of thiophene rings is 1. The highest BCUT2D eigenvalue weighted by Crippen LogP contribution is 2.45. The highest BCUT2D eigenvalue weighted by atomic mass is 35.5. The van der Waals surface area contributed by atoms with Crippen LogP contribution in [0.4, 0.5) is 5.69 Å². The van der Waals surface area contributed by atoms with Gasteiger partial charge in [0.2, 0.25) is 15.7 Å². The molecule has 1 aliphatic heterocycles. The molecule has 1 N–H and O–H groups in total. The minimum atomic E-state index is -3.70. The van der Waals surface area contributed by atoms with Gasteiger partial charge in [-0.1, -0.05) is 41.9 Å². The van der Waals surface area contributed by atoms with Gasteiger partial charge in [-0.05, 0) is 29.8 Å². The molecule has 132 valence electrons. The molecule has 0 aliphatic carbocycles. The van der Waals surface area contributed by atoms with Crippen molar-refractivity contribution in [3.05, 3.63) is 75.4 Å². The van der Waals surface area contributed by atoms with Gasteiger partial charge in [-0.25, -0.2) is 8.42 Å². The maximum absolute atomic E-state index is 13.0. The summed E-state index contributed by atoms with van der Waals surface area (Å²) in [5, 5.41) is 4.99. The van der Waals surface area contributed by atoms with E-state index in [-0.39, 0.29) is 28.0 Å². The Morgan fingerprint density at radius 2 is 1.73 bits per heavy atom. The third-order valence-corrected chi connectivity index (χ3v) is 7.66. The Bertz CT molecular complexity index is 1070. The van der Waals surface area contributed by atoms with Crippen molar-refractivity contribution in [2.45, 2.75) is 22.1 Å². The summed E-state index contributed by atoms with van der Waals surface area (Å²) in [6, 6.07) is 15.5. The first-order valence-corrected chi connectivity index (χ1v) is 10.7. The largest absolute Gasteiger partial charge is 0.324 e. The van der Waals surface area contributed by atoms with Crippen molar-refractivity contribution in [1.82, 2.24) is 0 Å². The molecule has 3 aromatic rings. The van der Waals surface area contributed by atoms with Gasteiger partial charge in [-0.15, -0.1) is 11.3 Å². The maximum atomic E-state index is 13.0. The molecular formula is C19H14ClNO3S2. The summed E-state index contributed by atoms with van der Waals surface area (Å²) >= 11 is 7.31. The summed E-state index contributed by atoms with van der Waals surface area (Å²) in [5.41, 5.74) is 1.34. The number of hydrogen-bond acceptors (Lipinski definition) is 4. The van der Waals surface area contributed by atoms with Crippen molar-refractivity contribution in [3.63, 3.8) is 0 Å². The van der Waals surface area contributed by atoms with Crippen LogP contribution in [0, 0.1) is 0 Å². The summed E-state index contributed by atoms with van der Waals surface area (Å²) in [7, 11) is -3.70. The van der Waals surface area contributed by atoms with Gasteiger partial charge in [-0.2, -0.15) is 0 Å². The Kier molecular flexibility index (Phi) is 4.34. The van der Waals surface area contributed by atoms with Gasteiger partial charge >= 0.3 is 0 Å². The zero-order valence-corrected chi connectivity index (χ0v) is 15.9. The number of amides is 1. The lowest BCUT2D eigenvalue weighted by Gasteiger charge is -2.23. The fourth-order valence-electron chi connectivity index (χ4n) is 3.09. The molecule has 0 radical (unpaired) electrons. The Labute approximate surface area is 160 Å². The molecule has 0 spiro atoms. The van der Waals surface area contributed by atoms with Crippen molar-refractivity contribution in [2.24, 2.45) is 0 Å². The topological polar surface area (TPSA) is 63.2 Å². The minimum absolute atomic E-state index is 0.149. The third-order valence-electron chi connectivity index (χ3n) is 4.37. The van der Waals surface area contributed by atoms with Gasteiger partial charge in [-0.3, -0.25) is 4.79 Å². The van der Waals surface area contributed by atoms with E-state index in [1.165, 1.54) is 11.3 Å². The van der Waals surface area contributed by atoms with E-state index in [0.29, 0.717) is 10.7 Å². The van der Waals surface area contributed by atoms with Crippen LogP contribution in [-0.4, -0.2) is 14.3 Å². The van der Waals surface area contributed by atoms with Crippen molar-refractivity contribution >= 4 is 44.4 Å². The van der Waals surface area contributed by atoms with E-state index in [1.54, 1.807) is 47.8 Å². The molecule has 0 saturated carbocycles. The zero-order valence-electron chi connectivity index (χ0n) is 13.5. The van der Waals surface area contributed by atoms with Crippen LogP contribution in [-0.2, 0) is 14.6 Å². The number of fused-ring (bicyclic) bond motifs is 1. The predicted molar refractivity (Wildman–Crippen MR) is 103 cm³/mol. The van der Waals surface area contributed by atoms with Gasteiger partial charge < -0.3 is 5.32 Å². The first-order chi connectivity index (χ1) is 12.5. The van der Waals surface area contributed by atoms with Crippen molar-refractivity contribution in [3.8, 4) is 0 Å². The Morgan fingerprint density at radius 1 is 1.04 bits per heavy atom. The number of halogens is 1. The van der Waals surface area contributed by atoms with E-state index in [1.807, 2.05) is 12.1 Å².